The van der Waals surface area contributed by atoms with Crippen molar-refractivity contribution in [2.45, 2.75) is 112 Å². The van der Waals surface area contributed by atoms with E-state index >= 15 is 4.79 Å². The SMILES string of the molecule is CCOc1c(C)c(O)c2c(=O)c3c4oc5cc(N6CCN(CC(C)C)CC6)cc(=O)c5nc4c2c1=C(O)CO/C=C/[C@H](OC)[C@@H](C)[C@@H](OC(C)=O)[C@H](C)[C@H](O)[C@H](C)[C@@H](OC(=O)CCC(=O)NC(P(=O)(O)O)P(=O)(O)O)[C@@H](C)/C=C/C=C(/C)C(=O)N3. The van der Waals surface area contributed by atoms with Gasteiger partial charge in [0.15, 0.2) is 16.7 Å². The van der Waals surface area contributed by atoms with Gasteiger partial charge < -0.3 is 78.5 Å². The number of piperazine rings is 1. The molecule has 2 aliphatic rings. The Balaban J connectivity index is 1.54. The Morgan fingerprint density at radius 3 is 2.13 bits per heavy atom. The number of methoxy groups -OCH3 is 1. The molecule has 4 aromatic rings. The number of hydrogen-bond donors (Lipinski definition) is 9. The third-order valence-corrected chi connectivity index (χ3v) is 18.5. The van der Waals surface area contributed by atoms with Crippen molar-refractivity contribution in [1.29, 1.82) is 0 Å². The number of carbonyl (C=O) groups excluding carboxylic acids is 4. The number of hydrogen-bond acceptors (Lipinski definition) is 20. The molecule has 3 aromatic carbocycles. The first kappa shape index (κ1) is 67.4. The van der Waals surface area contributed by atoms with Gasteiger partial charge in [-0.25, -0.2) is 4.98 Å². The van der Waals surface area contributed by atoms with E-state index in [-0.39, 0.29) is 56.3 Å². The molecule has 0 saturated carbocycles. The van der Waals surface area contributed by atoms with E-state index in [0.717, 1.165) is 26.6 Å². The number of nitrogens with zero attached hydrogens (tertiary/aromatic N) is 3. The molecule has 9 N–H and O–H groups in total. The van der Waals surface area contributed by atoms with E-state index in [2.05, 4.69) is 24.1 Å². The van der Waals surface area contributed by atoms with Crippen LogP contribution >= 0.6 is 15.2 Å². The lowest BCUT2D eigenvalue weighted by atomic mass is 9.78. The number of aliphatic hydroxyl groups excluding tert-OH is 2. The largest absolute Gasteiger partial charge is 0.508 e. The molecular formula is C57H77N5O21P2. The zero-order valence-electron chi connectivity index (χ0n) is 49.3. The van der Waals surface area contributed by atoms with Gasteiger partial charge in [0.05, 0.1) is 42.1 Å². The van der Waals surface area contributed by atoms with Gasteiger partial charge in [0, 0.05) is 111 Å². The average molecular weight is 1230 g/mol. The Labute approximate surface area is 489 Å². The molecule has 2 aliphatic heterocycles. The second-order valence-corrected chi connectivity index (χ2v) is 25.8. The van der Waals surface area contributed by atoms with E-state index in [1.54, 1.807) is 39.1 Å². The summed E-state index contributed by atoms with van der Waals surface area (Å²) < 4.78 is 59.6. The quantitative estimate of drug-likeness (QED) is 0.0357. The van der Waals surface area contributed by atoms with Gasteiger partial charge >= 0.3 is 27.1 Å². The summed E-state index contributed by atoms with van der Waals surface area (Å²) in [6.45, 7) is 19.2. The Bertz CT molecular complexity index is 3530. The van der Waals surface area contributed by atoms with Crippen molar-refractivity contribution in [3.63, 3.8) is 0 Å². The average Bonchev–Trinajstić information content (AvgIpc) is 1.74. The van der Waals surface area contributed by atoms with Crippen LogP contribution in [0.25, 0.3) is 38.7 Å². The lowest BCUT2D eigenvalue weighted by Crippen LogP contribution is -2.47. The summed E-state index contributed by atoms with van der Waals surface area (Å²) in [6, 6.07) is 3.05. The van der Waals surface area contributed by atoms with Crippen molar-refractivity contribution in [2.75, 3.05) is 63.3 Å². The van der Waals surface area contributed by atoms with E-state index in [4.69, 9.17) is 33.1 Å². The van der Waals surface area contributed by atoms with E-state index < -0.39 is 145 Å². The molecule has 2 amide bonds. The maximum Gasteiger partial charge on any atom is 0.360 e. The number of rotatable bonds is 14. The van der Waals surface area contributed by atoms with E-state index in [9.17, 15) is 68.0 Å². The first-order chi connectivity index (χ1) is 39.8. The number of aromatic nitrogens is 1. The number of aromatic hydroxyl groups is 1. The molecule has 26 nitrogen and oxygen atoms in total. The molecule has 85 heavy (non-hydrogen) atoms. The fourth-order valence-corrected chi connectivity index (χ4v) is 12.9. The summed E-state index contributed by atoms with van der Waals surface area (Å²) in [6.07, 6.45) is 0.512. The van der Waals surface area contributed by atoms with Crippen LogP contribution in [0, 0.1) is 36.5 Å². The van der Waals surface area contributed by atoms with Gasteiger partial charge in [-0.1, -0.05) is 59.8 Å². The lowest BCUT2D eigenvalue weighted by molar-refractivity contribution is -0.165. The van der Waals surface area contributed by atoms with Gasteiger partial charge in [-0.05, 0) is 32.8 Å². The molecule has 8 atom stereocenters. The molecule has 0 spiro atoms. The Morgan fingerprint density at radius 2 is 1.53 bits per heavy atom. The number of phenolic OH excluding ortho intramolecular Hbond substituents is 1. The van der Waals surface area contributed by atoms with Crippen LogP contribution in [0.1, 0.15) is 80.7 Å². The Kier molecular flexibility index (Phi) is 22.4. The number of aliphatic hydroxyl groups is 2. The molecule has 2 bridgehead atoms. The second kappa shape index (κ2) is 28.2. The third-order valence-electron chi connectivity index (χ3n) is 15.1. The zero-order chi connectivity index (χ0) is 63.2. The summed E-state index contributed by atoms with van der Waals surface area (Å²) in [4.78, 5) is 130. The van der Waals surface area contributed by atoms with Gasteiger partial charge in [-0.2, -0.15) is 0 Å². The van der Waals surface area contributed by atoms with Gasteiger partial charge in [0.2, 0.25) is 22.3 Å². The number of esters is 2. The van der Waals surface area contributed by atoms with Crippen LogP contribution in [0.5, 0.6) is 11.5 Å². The monoisotopic (exact) mass is 1230 g/mol. The molecule has 0 radical (unpaired) electrons. The van der Waals surface area contributed by atoms with E-state index in [1.807, 2.05) is 4.90 Å². The Hall–Kier alpha value is -6.73. The first-order valence-corrected chi connectivity index (χ1v) is 31.0. The fourth-order valence-electron chi connectivity index (χ4n) is 10.8. The number of fused-ring (bicyclic) bond motifs is 1. The summed E-state index contributed by atoms with van der Waals surface area (Å²) >= 11 is 0. The number of amides is 2. The molecule has 1 aromatic heterocycles. The van der Waals surface area contributed by atoms with Crippen LogP contribution in [0.15, 0.2) is 62.3 Å². The minimum absolute atomic E-state index is 0.00852. The van der Waals surface area contributed by atoms with Crippen LogP contribution in [0.3, 0.4) is 0 Å². The van der Waals surface area contributed by atoms with Gasteiger partial charge in [-0.3, -0.25) is 42.8 Å². The molecule has 6 rings (SSSR count). The van der Waals surface area contributed by atoms with Crippen molar-refractivity contribution in [3.05, 3.63) is 79.5 Å². The number of allylic oxidation sites excluding steroid dienone is 2. The number of benzene rings is 3. The van der Waals surface area contributed by atoms with Gasteiger partial charge in [0.25, 0.3) is 5.91 Å². The summed E-state index contributed by atoms with van der Waals surface area (Å²) in [5, 5.41) is 39.8. The standard InChI is InChI=1S/C57H77N5O21P2/c1-12-80-54-34(9)50(69)45-44-43(54)38(65)27-79-23-18-39(78-11)31(6)53(81-35(10)63)33(8)49(68)32(7)52(83-42(67)17-16-41(66)58-57(84(72,73)74)85(75,76)77)29(4)14-13-15-30(5)56(71)60-48(51(45)70)55-47(44)59-46-37(64)24-36(25-40(46)82-55)62-21-19-61(20-22-62)26-28(2)3/h13-15,18,23-25,28-29,31-33,39,49,52-53,57,65,68-69H,12,16-17,19-22,26-27H2,1-11H3,(H,58,66)(H,60,71)(H2,72,73,74)(H2,75,76,77)/b14-13+,23-18+,30-15-,43-38?/t29-,31+,32-,33+,39-,49+,52-,53+/m0/s1. The highest BCUT2D eigenvalue weighted by Crippen LogP contribution is 2.58. The van der Waals surface area contributed by atoms with Crippen molar-refractivity contribution < 1.29 is 91.3 Å². The second-order valence-electron chi connectivity index (χ2n) is 22.0. The van der Waals surface area contributed by atoms with Gasteiger partial charge in [0.1, 0.15) is 47.3 Å². The topological polar surface area (TPSA) is 381 Å². The number of carbonyl (C=O) groups is 4. The number of anilines is 2. The number of phenols is 1. The molecule has 3 heterocycles. The molecule has 0 unspecified atom stereocenters. The van der Waals surface area contributed by atoms with Crippen LogP contribution in [0.2, 0.25) is 0 Å². The fraction of sp³-hybridized carbons (Fsp3) is 0.526. The van der Waals surface area contributed by atoms with Crippen LogP contribution < -0.4 is 36.3 Å². The van der Waals surface area contributed by atoms with Crippen LogP contribution in [-0.2, 0) is 47.3 Å². The maximum absolute atomic E-state index is 15.2. The minimum Gasteiger partial charge on any atom is -0.508 e. The number of ether oxygens (including phenoxy) is 5. The van der Waals surface area contributed by atoms with Crippen molar-refractivity contribution >= 4 is 89.1 Å². The lowest BCUT2D eigenvalue weighted by Gasteiger charge is -2.39. The predicted octanol–water partition coefficient (Wildman–Crippen LogP) is 4.71. The predicted molar refractivity (Wildman–Crippen MR) is 315 cm³/mol. The highest BCUT2D eigenvalue weighted by Gasteiger charge is 2.45. The molecular weight excluding hydrogens is 1150 g/mol. The molecule has 28 heteroatoms. The third kappa shape index (κ3) is 15.8. The molecule has 0 aliphatic carbocycles. The van der Waals surface area contributed by atoms with Crippen molar-refractivity contribution in [1.82, 2.24) is 15.2 Å². The van der Waals surface area contributed by atoms with Crippen molar-refractivity contribution in [3.8, 4) is 11.5 Å². The highest BCUT2D eigenvalue weighted by atomic mass is 31.2. The zero-order valence-corrected chi connectivity index (χ0v) is 51.0. The minimum atomic E-state index is -5.58. The normalized spacial score (nSPS) is 24.2. The molecule has 1 fully saturated rings. The van der Waals surface area contributed by atoms with E-state index in [0.29, 0.717) is 24.7 Å². The molecule has 466 valence electrons. The number of nitrogens with one attached hydrogen (secondary N) is 2. The van der Waals surface area contributed by atoms with Crippen LogP contribution in [-0.4, -0.2) is 152 Å². The van der Waals surface area contributed by atoms with Crippen molar-refractivity contribution in [2.24, 2.45) is 29.6 Å². The summed E-state index contributed by atoms with van der Waals surface area (Å²) in [5.74, 6) is -8.37. The smallest absolute Gasteiger partial charge is 0.360 e. The maximum atomic E-state index is 15.2. The Morgan fingerprint density at radius 1 is 0.882 bits per heavy atom. The van der Waals surface area contributed by atoms with Gasteiger partial charge in [-0.15, -0.1) is 0 Å². The summed E-state index contributed by atoms with van der Waals surface area (Å²) in [7, 11) is -9.80. The highest BCUT2D eigenvalue weighted by molar-refractivity contribution is 7.70. The first-order valence-electron chi connectivity index (χ1n) is 27.7. The van der Waals surface area contributed by atoms with Crippen LogP contribution in [0.4, 0.5) is 11.4 Å². The van der Waals surface area contributed by atoms with E-state index in [1.165, 1.54) is 64.5 Å². The molecule has 1 saturated heterocycles. The summed E-state index contributed by atoms with van der Waals surface area (Å²) in [5.41, 5.74) is -5.18.